The van der Waals surface area contributed by atoms with Crippen molar-refractivity contribution in [2.75, 3.05) is 18.9 Å². The minimum absolute atomic E-state index is 0.0120. The lowest BCUT2D eigenvalue weighted by Crippen LogP contribution is -2.29. The fourth-order valence-corrected chi connectivity index (χ4v) is 3.25. The lowest BCUT2D eigenvalue weighted by molar-refractivity contribution is -0.119. The van der Waals surface area contributed by atoms with Gasteiger partial charge in [0.15, 0.2) is 5.82 Å². The zero-order valence-corrected chi connectivity index (χ0v) is 15.2. The number of aromatic amines is 1. The molecule has 1 aromatic carbocycles. The summed E-state index contributed by atoms with van der Waals surface area (Å²) in [5.74, 6) is 0.568. The number of carbonyl (C=O) groups excluding carboxylic acids is 1. The van der Waals surface area contributed by atoms with Crippen LogP contribution < -0.4 is 16.4 Å². The van der Waals surface area contributed by atoms with Gasteiger partial charge in [0.1, 0.15) is 11.2 Å². The molecule has 27 heavy (non-hydrogen) atoms. The molecular weight excluding hydrogens is 342 g/mol. The first-order chi connectivity index (χ1) is 13.1. The molecular formula is C19H21N7O. The number of amides is 1. The molecule has 4 aromatic rings. The molecule has 3 heterocycles. The molecule has 0 bridgehead atoms. The van der Waals surface area contributed by atoms with Crippen molar-refractivity contribution in [3.63, 3.8) is 0 Å². The normalized spacial score (nSPS) is 11.2. The van der Waals surface area contributed by atoms with E-state index in [2.05, 4.69) is 31.7 Å². The average Bonchev–Trinajstić information content (AvgIpc) is 3.29. The van der Waals surface area contributed by atoms with E-state index in [1.807, 2.05) is 42.9 Å². The first kappa shape index (κ1) is 17.0. The Balaban J connectivity index is 1.77. The highest BCUT2D eigenvalue weighted by Crippen LogP contribution is 2.31. The molecule has 5 N–H and O–H groups in total. The fraction of sp³-hybridized carbons (Fsp3) is 0.211. The number of fused-ring (bicyclic) bond motifs is 3. The topological polar surface area (TPSA) is 114 Å². The van der Waals surface area contributed by atoms with Crippen LogP contribution in [0.5, 0.6) is 0 Å². The molecule has 4 rings (SSSR count). The van der Waals surface area contributed by atoms with Gasteiger partial charge in [0.2, 0.25) is 5.91 Å². The van der Waals surface area contributed by atoms with E-state index < -0.39 is 0 Å². The van der Waals surface area contributed by atoms with Crippen LogP contribution >= 0.6 is 0 Å². The largest absolute Gasteiger partial charge is 0.371 e. The molecule has 0 saturated heterocycles. The summed E-state index contributed by atoms with van der Waals surface area (Å²) in [5, 5.41) is 6.91. The highest BCUT2D eigenvalue weighted by Gasteiger charge is 2.15. The summed E-state index contributed by atoms with van der Waals surface area (Å²) < 4.78 is 2.00. The molecule has 8 heteroatoms. The molecule has 0 aliphatic rings. The second-order valence-electron chi connectivity index (χ2n) is 6.39. The Labute approximate surface area is 155 Å². The van der Waals surface area contributed by atoms with Crippen molar-refractivity contribution in [2.45, 2.75) is 6.54 Å². The molecule has 138 valence electrons. The summed E-state index contributed by atoms with van der Waals surface area (Å²) in [5.41, 5.74) is 11.0. The third kappa shape index (κ3) is 3.00. The lowest BCUT2D eigenvalue weighted by atomic mass is 10.1. The SMILES string of the molecule is CNc1nc2[nH]c(-c3cccc(CNC(=O)CN)c3)cc2c2c1ncn2C. The van der Waals surface area contributed by atoms with E-state index in [0.29, 0.717) is 6.54 Å². The lowest BCUT2D eigenvalue weighted by Gasteiger charge is -2.05. The number of nitrogens with zero attached hydrogens (tertiary/aromatic N) is 3. The second kappa shape index (κ2) is 6.73. The maximum Gasteiger partial charge on any atom is 0.234 e. The van der Waals surface area contributed by atoms with Gasteiger partial charge in [0.05, 0.1) is 18.4 Å². The minimum atomic E-state index is -0.173. The van der Waals surface area contributed by atoms with Crippen LogP contribution in [0.4, 0.5) is 5.82 Å². The molecule has 0 unspecified atom stereocenters. The van der Waals surface area contributed by atoms with Crippen LogP contribution in [0.1, 0.15) is 5.56 Å². The predicted octanol–water partition coefficient (Wildman–Crippen LogP) is 1.73. The monoisotopic (exact) mass is 363 g/mol. The van der Waals surface area contributed by atoms with Crippen LogP contribution in [0.2, 0.25) is 0 Å². The van der Waals surface area contributed by atoms with Gasteiger partial charge < -0.3 is 25.9 Å². The van der Waals surface area contributed by atoms with E-state index >= 15 is 0 Å². The highest BCUT2D eigenvalue weighted by molar-refractivity contribution is 6.07. The Hall–Kier alpha value is -3.39. The molecule has 0 atom stereocenters. The standard InChI is InChI=1S/C19H21N7O/c1-21-19-16-17(26(2)10-23-16)13-7-14(24-18(13)25-19)12-5-3-4-11(6-12)9-22-15(27)8-20/h3-7,10H,8-9,20H2,1-2H3,(H,22,27)(H2,21,24,25). The minimum Gasteiger partial charge on any atom is -0.371 e. The van der Waals surface area contributed by atoms with Crippen molar-refractivity contribution in [1.29, 1.82) is 0 Å². The van der Waals surface area contributed by atoms with Crippen molar-refractivity contribution < 1.29 is 4.79 Å². The number of pyridine rings is 1. The number of nitrogens with two attached hydrogens (primary N) is 1. The molecule has 8 nitrogen and oxygen atoms in total. The zero-order chi connectivity index (χ0) is 19.0. The van der Waals surface area contributed by atoms with Gasteiger partial charge in [-0.2, -0.15) is 0 Å². The molecule has 0 aliphatic heterocycles. The summed E-state index contributed by atoms with van der Waals surface area (Å²) in [6.07, 6.45) is 1.79. The van der Waals surface area contributed by atoms with Crippen molar-refractivity contribution in [3.05, 3.63) is 42.2 Å². The van der Waals surface area contributed by atoms with Gasteiger partial charge in [-0.25, -0.2) is 9.97 Å². The van der Waals surface area contributed by atoms with Gasteiger partial charge in [-0.15, -0.1) is 0 Å². The summed E-state index contributed by atoms with van der Waals surface area (Å²) in [6, 6.07) is 10.1. The van der Waals surface area contributed by atoms with Gasteiger partial charge in [0.25, 0.3) is 0 Å². The predicted molar refractivity (Wildman–Crippen MR) is 106 cm³/mol. The number of benzene rings is 1. The zero-order valence-electron chi connectivity index (χ0n) is 15.2. The van der Waals surface area contributed by atoms with E-state index in [-0.39, 0.29) is 12.5 Å². The number of aromatic nitrogens is 4. The van der Waals surface area contributed by atoms with Crippen LogP contribution in [0.25, 0.3) is 33.3 Å². The number of imidazole rings is 1. The Morgan fingerprint density at radius 1 is 1.33 bits per heavy atom. The van der Waals surface area contributed by atoms with Gasteiger partial charge in [0, 0.05) is 31.7 Å². The van der Waals surface area contributed by atoms with Crippen molar-refractivity contribution in [1.82, 2.24) is 24.8 Å². The van der Waals surface area contributed by atoms with Gasteiger partial charge in [-0.1, -0.05) is 18.2 Å². The second-order valence-corrected chi connectivity index (χ2v) is 6.39. The van der Waals surface area contributed by atoms with Gasteiger partial charge >= 0.3 is 0 Å². The smallest absolute Gasteiger partial charge is 0.234 e. The van der Waals surface area contributed by atoms with Crippen LogP contribution in [0, 0.1) is 0 Å². The number of nitrogens with one attached hydrogen (secondary N) is 3. The summed E-state index contributed by atoms with van der Waals surface area (Å²) >= 11 is 0. The Morgan fingerprint density at radius 2 is 2.19 bits per heavy atom. The van der Waals surface area contributed by atoms with Crippen LogP contribution in [-0.2, 0) is 18.4 Å². The van der Waals surface area contributed by atoms with E-state index in [4.69, 9.17) is 5.73 Å². The summed E-state index contributed by atoms with van der Waals surface area (Å²) in [7, 11) is 3.81. The fourth-order valence-electron chi connectivity index (χ4n) is 3.25. The van der Waals surface area contributed by atoms with E-state index in [9.17, 15) is 4.79 Å². The maximum atomic E-state index is 11.4. The number of anilines is 1. The van der Waals surface area contributed by atoms with E-state index in [1.54, 1.807) is 6.33 Å². The quantitative estimate of drug-likeness (QED) is 0.431. The highest BCUT2D eigenvalue weighted by atomic mass is 16.1. The van der Waals surface area contributed by atoms with Crippen LogP contribution in [0.15, 0.2) is 36.7 Å². The van der Waals surface area contributed by atoms with Crippen molar-refractivity contribution in [3.8, 4) is 11.3 Å². The first-order valence-corrected chi connectivity index (χ1v) is 8.68. The Morgan fingerprint density at radius 3 is 2.96 bits per heavy atom. The molecule has 0 saturated carbocycles. The number of H-pyrrole nitrogens is 1. The van der Waals surface area contributed by atoms with Gasteiger partial charge in [-0.3, -0.25) is 4.79 Å². The molecule has 0 radical (unpaired) electrons. The Kier molecular flexibility index (Phi) is 4.25. The van der Waals surface area contributed by atoms with Crippen molar-refractivity contribution >= 4 is 33.8 Å². The van der Waals surface area contributed by atoms with Crippen LogP contribution in [0.3, 0.4) is 0 Å². The molecule has 0 fully saturated rings. The van der Waals surface area contributed by atoms with Crippen molar-refractivity contribution in [2.24, 2.45) is 12.8 Å². The molecule has 3 aromatic heterocycles. The number of carbonyl (C=O) groups is 1. The average molecular weight is 363 g/mol. The maximum absolute atomic E-state index is 11.4. The number of rotatable bonds is 5. The third-order valence-electron chi connectivity index (χ3n) is 4.59. The number of hydrogen-bond acceptors (Lipinski definition) is 5. The first-order valence-electron chi connectivity index (χ1n) is 8.68. The summed E-state index contributed by atoms with van der Waals surface area (Å²) in [6.45, 7) is 0.431. The Bertz CT molecular complexity index is 1140. The third-order valence-corrected chi connectivity index (χ3v) is 4.59. The summed E-state index contributed by atoms with van der Waals surface area (Å²) in [4.78, 5) is 23.9. The molecule has 0 spiro atoms. The number of hydrogen-bond donors (Lipinski definition) is 4. The molecule has 1 amide bonds. The molecule has 0 aliphatic carbocycles. The van der Waals surface area contributed by atoms with E-state index in [0.717, 1.165) is 44.7 Å². The van der Waals surface area contributed by atoms with Crippen LogP contribution in [-0.4, -0.2) is 39.0 Å². The number of aryl methyl sites for hydroxylation is 1. The van der Waals surface area contributed by atoms with E-state index in [1.165, 1.54) is 0 Å². The van der Waals surface area contributed by atoms with Gasteiger partial charge in [-0.05, 0) is 23.3 Å².